The largest absolute Gasteiger partial charge is 0.243 e. The van der Waals surface area contributed by atoms with Gasteiger partial charge in [-0.1, -0.05) is 19.3 Å². The molecule has 0 bridgehead atoms. The van der Waals surface area contributed by atoms with Crippen LogP contribution < -0.4 is 0 Å². The van der Waals surface area contributed by atoms with E-state index in [2.05, 4.69) is 6.07 Å². The van der Waals surface area contributed by atoms with Gasteiger partial charge in [0.05, 0.1) is 12.0 Å². The molecule has 1 atom stereocenters. The molecule has 0 saturated heterocycles. The predicted octanol–water partition coefficient (Wildman–Crippen LogP) is 3.45. The van der Waals surface area contributed by atoms with Crippen LogP contribution in [0.4, 0.5) is 4.39 Å². The molecule has 0 aliphatic heterocycles. The summed E-state index contributed by atoms with van der Waals surface area (Å²) in [5.41, 5.74) is -1.34. The summed E-state index contributed by atoms with van der Waals surface area (Å²) in [5.74, 6) is -0.119. The quantitative estimate of drug-likeness (QED) is 0.643. The molecule has 0 aromatic rings. The van der Waals surface area contributed by atoms with Crippen LogP contribution in [-0.4, -0.2) is 5.67 Å². The van der Waals surface area contributed by atoms with E-state index in [0.29, 0.717) is 5.92 Å². The van der Waals surface area contributed by atoms with Crippen molar-refractivity contribution in [2.75, 3.05) is 0 Å². The number of nitrogens with zero attached hydrogens (tertiary/aromatic N) is 1. The Morgan fingerprint density at radius 2 is 1.85 bits per heavy atom. The third kappa shape index (κ3) is 2.69. The van der Waals surface area contributed by atoms with Gasteiger partial charge in [-0.2, -0.15) is 5.26 Å². The van der Waals surface area contributed by atoms with Crippen LogP contribution in [0, 0.1) is 23.2 Å². The molecule has 13 heavy (non-hydrogen) atoms. The van der Waals surface area contributed by atoms with E-state index in [-0.39, 0.29) is 0 Å². The van der Waals surface area contributed by atoms with Gasteiger partial charge >= 0.3 is 0 Å². The van der Waals surface area contributed by atoms with Crippen molar-refractivity contribution in [1.29, 1.82) is 5.26 Å². The molecule has 0 amide bonds. The minimum atomic E-state index is -1.34. The fourth-order valence-electron chi connectivity index (χ4n) is 2.29. The zero-order valence-electron chi connectivity index (χ0n) is 8.52. The molecule has 0 aromatic heterocycles. The van der Waals surface area contributed by atoms with Gasteiger partial charge in [-0.3, -0.25) is 0 Å². The van der Waals surface area contributed by atoms with Crippen molar-refractivity contribution < 1.29 is 4.39 Å². The zero-order chi connectivity index (χ0) is 9.90. The average Bonchev–Trinajstić information content (AvgIpc) is 2.05. The first kappa shape index (κ1) is 10.5. The molecule has 74 valence electrons. The number of rotatable bonds is 2. The van der Waals surface area contributed by atoms with Crippen molar-refractivity contribution in [3.63, 3.8) is 0 Å². The van der Waals surface area contributed by atoms with Crippen LogP contribution in [0.2, 0.25) is 0 Å². The summed E-state index contributed by atoms with van der Waals surface area (Å²) in [5, 5.41) is 8.92. The molecule has 1 fully saturated rings. The van der Waals surface area contributed by atoms with E-state index in [9.17, 15) is 4.39 Å². The lowest BCUT2D eigenvalue weighted by Crippen LogP contribution is -2.32. The molecule has 0 aromatic carbocycles. The summed E-state index contributed by atoms with van der Waals surface area (Å²) < 4.78 is 13.6. The molecule has 2 heteroatoms. The van der Waals surface area contributed by atoms with Gasteiger partial charge in [0.25, 0.3) is 0 Å². The van der Waals surface area contributed by atoms with Crippen molar-refractivity contribution >= 4 is 0 Å². The predicted molar refractivity (Wildman–Crippen MR) is 50.9 cm³/mol. The molecule has 0 heterocycles. The van der Waals surface area contributed by atoms with Gasteiger partial charge < -0.3 is 0 Å². The Kier molecular flexibility index (Phi) is 3.30. The van der Waals surface area contributed by atoms with Gasteiger partial charge in [0.2, 0.25) is 0 Å². The Bertz CT molecular complexity index is 193. The van der Waals surface area contributed by atoms with E-state index < -0.39 is 11.6 Å². The smallest absolute Gasteiger partial charge is 0.121 e. The molecule has 1 aliphatic rings. The number of alkyl halides is 1. The van der Waals surface area contributed by atoms with Gasteiger partial charge in [-0.15, -0.1) is 0 Å². The van der Waals surface area contributed by atoms with Gasteiger partial charge in [0.15, 0.2) is 0 Å². The zero-order valence-corrected chi connectivity index (χ0v) is 8.52. The van der Waals surface area contributed by atoms with Crippen LogP contribution in [0.3, 0.4) is 0 Å². The second kappa shape index (κ2) is 4.09. The topological polar surface area (TPSA) is 23.8 Å². The van der Waals surface area contributed by atoms with Crippen molar-refractivity contribution in [1.82, 2.24) is 0 Å². The van der Waals surface area contributed by atoms with Crippen molar-refractivity contribution in [3.8, 4) is 6.07 Å². The summed E-state index contributed by atoms with van der Waals surface area (Å²) in [6, 6.07) is 2.14. The van der Waals surface area contributed by atoms with Gasteiger partial charge in [0.1, 0.15) is 5.67 Å². The molecule has 1 nitrogen and oxygen atoms in total. The Morgan fingerprint density at radius 3 is 2.23 bits per heavy atom. The molecule has 1 rings (SSSR count). The van der Waals surface area contributed by atoms with Crippen LogP contribution in [0.1, 0.15) is 46.0 Å². The third-order valence-electron chi connectivity index (χ3n) is 3.00. The standard InChI is InChI=1S/C11H18FN/c1-11(2,12)10(8-13)9-6-4-3-5-7-9/h9-10H,3-7H2,1-2H3. The maximum absolute atomic E-state index is 13.6. The van der Waals surface area contributed by atoms with E-state index >= 15 is 0 Å². The van der Waals surface area contributed by atoms with Crippen molar-refractivity contribution in [2.45, 2.75) is 51.6 Å². The number of hydrogen-bond acceptors (Lipinski definition) is 1. The minimum Gasteiger partial charge on any atom is -0.243 e. The summed E-state index contributed by atoms with van der Waals surface area (Å²) in [4.78, 5) is 0. The van der Waals surface area contributed by atoms with Crippen LogP contribution in [0.25, 0.3) is 0 Å². The van der Waals surface area contributed by atoms with Crippen LogP contribution in [-0.2, 0) is 0 Å². The average molecular weight is 183 g/mol. The Hall–Kier alpha value is -0.580. The van der Waals surface area contributed by atoms with Crippen LogP contribution in [0.5, 0.6) is 0 Å². The van der Waals surface area contributed by atoms with E-state index in [1.54, 1.807) is 0 Å². The van der Waals surface area contributed by atoms with E-state index in [4.69, 9.17) is 5.26 Å². The second-order valence-electron chi connectivity index (χ2n) is 4.57. The lowest BCUT2D eigenvalue weighted by molar-refractivity contribution is 0.0984. The molecular formula is C11H18FN. The maximum atomic E-state index is 13.6. The third-order valence-corrected chi connectivity index (χ3v) is 3.00. The first-order chi connectivity index (χ1) is 6.05. The molecule has 1 saturated carbocycles. The van der Waals surface area contributed by atoms with Gasteiger partial charge in [-0.05, 0) is 32.6 Å². The fourth-order valence-corrected chi connectivity index (χ4v) is 2.29. The maximum Gasteiger partial charge on any atom is 0.121 e. The first-order valence-electron chi connectivity index (χ1n) is 5.14. The van der Waals surface area contributed by atoms with E-state index in [1.165, 1.54) is 33.1 Å². The summed E-state index contributed by atoms with van der Waals surface area (Å²) in [7, 11) is 0. The highest BCUT2D eigenvalue weighted by Gasteiger charge is 2.36. The highest BCUT2D eigenvalue weighted by Crippen LogP contribution is 2.36. The SMILES string of the molecule is CC(C)(F)C(C#N)C1CCCCC1. The van der Waals surface area contributed by atoms with Crippen molar-refractivity contribution in [2.24, 2.45) is 11.8 Å². The summed E-state index contributed by atoms with van der Waals surface area (Å²) in [6.07, 6.45) is 5.65. The Balaban J connectivity index is 2.61. The fraction of sp³-hybridized carbons (Fsp3) is 0.909. The van der Waals surface area contributed by atoms with E-state index in [1.807, 2.05) is 0 Å². The Morgan fingerprint density at radius 1 is 1.31 bits per heavy atom. The normalized spacial score (nSPS) is 22.3. The second-order valence-corrected chi connectivity index (χ2v) is 4.57. The Labute approximate surface area is 79.9 Å². The van der Waals surface area contributed by atoms with Crippen molar-refractivity contribution in [3.05, 3.63) is 0 Å². The molecule has 1 unspecified atom stereocenters. The highest BCUT2D eigenvalue weighted by molar-refractivity contribution is 4.98. The first-order valence-corrected chi connectivity index (χ1v) is 5.14. The lowest BCUT2D eigenvalue weighted by Gasteiger charge is -2.31. The lowest BCUT2D eigenvalue weighted by atomic mass is 9.74. The van der Waals surface area contributed by atoms with Gasteiger partial charge in [-0.25, -0.2) is 4.39 Å². The molecule has 1 aliphatic carbocycles. The summed E-state index contributed by atoms with van der Waals surface area (Å²) in [6.45, 7) is 3.05. The van der Waals surface area contributed by atoms with Gasteiger partial charge in [0, 0.05) is 0 Å². The molecule has 0 spiro atoms. The monoisotopic (exact) mass is 183 g/mol. The highest BCUT2D eigenvalue weighted by atomic mass is 19.1. The molecular weight excluding hydrogens is 165 g/mol. The van der Waals surface area contributed by atoms with Crippen LogP contribution >= 0.6 is 0 Å². The van der Waals surface area contributed by atoms with E-state index in [0.717, 1.165) is 12.8 Å². The summed E-state index contributed by atoms with van der Waals surface area (Å²) >= 11 is 0. The molecule has 0 N–H and O–H groups in total. The molecule has 0 radical (unpaired) electrons. The number of hydrogen-bond donors (Lipinski definition) is 0. The minimum absolute atomic E-state index is 0.291. The van der Waals surface area contributed by atoms with Crippen LogP contribution in [0.15, 0.2) is 0 Å². The number of halogens is 1. The number of nitriles is 1.